The van der Waals surface area contributed by atoms with Gasteiger partial charge in [0.05, 0.1) is 6.42 Å². The molecule has 0 aliphatic rings. The number of nitrogens with zero attached hydrogens (tertiary/aromatic N) is 1. The first-order chi connectivity index (χ1) is 15.5. The molecule has 5 heteroatoms. The third-order valence-electron chi connectivity index (χ3n) is 5.40. The SMILES string of the molecule is CCNC(=O)C(Cc1ccccc1)N(Cc1ccccc1Cl)C(=O)Cc1ccc(C)cc1. The first kappa shape index (κ1) is 23.6. The van der Waals surface area contributed by atoms with E-state index in [0.29, 0.717) is 18.0 Å². The Labute approximate surface area is 195 Å². The van der Waals surface area contributed by atoms with Crippen molar-refractivity contribution >= 4 is 23.4 Å². The molecule has 2 amide bonds. The second-order valence-corrected chi connectivity index (χ2v) is 8.28. The lowest BCUT2D eigenvalue weighted by Gasteiger charge is -2.32. The van der Waals surface area contributed by atoms with Gasteiger partial charge >= 0.3 is 0 Å². The Morgan fingerprint density at radius 3 is 2.22 bits per heavy atom. The van der Waals surface area contributed by atoms with E-state index >= 15 is 0 Å². The summed E-state index contributed by atoms with van der Waals surface area (Å²) < 4.78 is 0. The number of hydrogen-bond donors (Lipinski definition) is 1. The number of aryl methyl sites for hydroxylation is 1. The summed E-state index contributed by atoms with van der Waals surface area (Å²) in [6.45, 7) is 4.65. The van der Waals surface area contributed by atoms with E-state index in [9.17, 15) is 9.59 Å². The maximum Gasteiger partial charge on any atom is 0.243 e. The predicted octanol–water partition coefficient (Wildman–Crippen LogP) is 4.97. The highest BCUT2D eigenvalue weighted by Gasteiger charge is 2.30. The zero-order valence-electron chi connectivity index (χ0n) is 18.6. The van der Waals surface area contributed by atoms with Crippen LogP contribution < -0.4 is 5.32 Å². The van der Waals surface area contributed by atoms with E-state index in [1.54, 1.807) is 11.0 Å². The number of hydrogen-bond acceptors (Lipinski definition) is 2. The van der Waals surface area contributed by atoms with Crippen molar-refractivity contribution in [1.82, 2.24) is 10.2 Å². The monoisotopic (exact) mass is 448 g/mol. The molecule has 0 aliphatic heterocycles. The first-order valence-corrected chi connectivity index (χ1v) is 11.3. The molecule has 0 saturated heterocycles. The van der Waals surface area contributed by atoms with Gasteiger partial charge in [-0.05, 0) is 36.6 Å². The van der Waals surface area contributed by atoms with Crippen molar-refractivity contribution < 1.29 is 9.59 Å². The summed E-state index contributed by atoms with van der Waals surface area (Å²) in [5.74, 6) is -0.276. The molecule has 1 N–H and O–H groups in total. The fourth-order valence-corrected chi connectivity index (χ4v) is 3.83. The summed E-state index contributed by atoms with van der Waals surface area (Å²) in [6.07, 6.45) is 0.645. The van der Waals surface area contributed by atoms with Crippen LogP contribution in [-0.4, -0.2) is 29.3 Å². The van der Waals surface area contributed by atoms with Gasteiger partial charge in [-0.25, -0.2) is 0 Å². The number of amides is 2. The molecule has 0 fully saturated rings. The minimum atomic E-state index is -0.647. The number of likely N-dealkylation sites (N-methyl/N-ethyl adjacent to an activating group) is 1. The molecule has 1 atom stereocenters. The molecule has 32 heavy (non-hydrogen) atoms. The summed E-state index contributed by atoms with van der Waals surface area (Å²) >= 11 is 6.42. The minimum Gasteiger partial charge on any atom is -0.355 e. The van der Waals surface area contributed by atoms with Crippen molar-refractivity contribution in [3.63, 3.8) is 0 Å². The van der Waals surface area contributed by atoms with Crippen LogP contribution in [0.2, 0.25) is 5.02 Å². The lowest BCUT2D eigenvalue weighted by Crippen LogP contribution is -2.51. The van der Waals surface area contributed by atoms with Gasteiger partial charge in [0.25, 0.3) is 0 Å². The number of carbonyl (C=O) groups is 2. The average molecular weight is 449 g/mol. The van der Waals surface area contributed by atoms with Gasteiger partial charge in [0, 0.05) is 24.5 Å². The van der Waals surface area contributed by atoms with E-state index in [2.05, 4.69) is 5.32 Å². The van der Waals surface area contributed by atoms with E-state index in [4.69, 9.17) is 11.6 Å². The molecule has 3 aromatic carbocycles. The van der Waals surface area contributed by atoms with E-state index in [-0.39, 0.29) is 24.8 Å². The summed E-state index contributed by atoms with van der Waals surface area (Å²) in [5, 5.41) is 3.49. The summed E-state index contributed by atoms with van der Waals surface area (Å²) in [7, 11) is 0. The van der Waals surface area contributed by atoms with Crippen LogP contribution >= 0.6 is 11.6 Å². The van der Waals surface area contributed by atoms with Crippen LogP contribution in [0.4, 0.5) is 0 Å². The average Bonchev–Trinajstić information content (AvgIpc) is 2.79. The van der Waals surface area contributed by atoms with E-state index in [1.807, 2.05) is 86.6 Å². The fraction of sp³-hybridized carbons (Fsp3) is 0.259. The molecule has 4 nitrogen and oxygen atoms in total. The fourth-order valence-electron chi connectivity index (χ4n) is 3.64. The first-order valence-electron chi connectivity index (χ1n) is 10.9. The smallest absolute Gasteiger partial charge is 0.243 e. The molecule has 0 bridgehead atoms. The standard InChI is InChI=1S/C27H29ClN2O2/c1-3-29-27(32)25(17-21-9-5-4-6-10-21)30(19-23-11-7-8-12-24(23)28)26(31)18-22-15-13-20(2)14-16-22/h4-16,25H,3,17-19H2,1-2H3,(H,29,32). The minimum absolute atomic E-state index is 0.110. The van der Waals surface area contributed by atoms with Crippen LogP contribution in [0.1, 0.15) is 29.2 Å². The van der Waals surface area contributed by atoms with Crippen LogP contribution in [0.15, 0.2) is 78.9 Å². The van der Waals surface area contributed by atoms with Gasteiger partial charge in [0.1, 0.15) is 6.04 Å². The van der Waals surface area contributed by atoms with Gasteiger partial charge in [-0.3, -0.25) is 9.59 Å². The Morgan fingerprint density at radius 1 is 0.906 bits per heavy atom. The number of nitrogens with one attached hydrogen (secondary N) is 1. The lowest BCUT2D eigenvalue weighted by molar-refractivity contribution is -0.140. The molecule has 0 aromatic heterocycles. The molecule has 0 heterocycles. The van der Waals surface area contributed by atoms with Crippen molar-refractivity contribution in [2.75, 3.05) is 6.54 Å². The molecule has 166 valence electrons. The molecule has 0 spiro atoms. The topological polar surface area (TPSA) is 49.4 Å². The number of carbonyl (C=O) groups excluding carboxylic acids is 2. The van der Waals surface area contributed by atoms with Gasteiger partial charge in [-0.15, -0.1) is 0 Å². The van der Waals surface area contributed by atoms with Gasteiger partial charge in [0.15, 0.2) is 0 Å². The van der Waals surface area contributed by atoms with Crippen molar-refractivity contribution in [3.8, 4) is 0 Å². The quantitative estimate of drug-likeness (QED) is 0.502. The van der Waals surface area contributed by atoms with Crippen molar-refractivity contribution in [1.29, 1.82) is 0 Å². The number of benzene rings is 3. The van der Waals surface area contributed by atoms with Gasteiger partial charge in [-0.2, -0.15) is 0 Å². The Balaban J connectivity index is 1.95. The molecule has 0 radical (unpaired) electrons. The maximum atomic E-state index is 13.6. The summed E-state index contributed by atoms with van der Waals surface area (Å²) in [5.41, 5.74) is 3.86. The van der Waals surface area contributed by atoms with Crippen LogP contribution in [0, 0.1) is 6.92 Å². The zero-order chi connectivity index (χ0) is 22.9. The van der Waals surface area contributed by atoms with E-state index in [1.165, 1.54) is 0 Å². The third kappa shape index (κ3) is 6.44. The summed E-state index contributed by atoms with van der Waals surface area (Å²) in [6, 6.07) is 24.5. The van der Waals surface area contributed by atoms with Crippen molar-refractivity contribution in [2.24, 2.45) is 0 Å². The molecule has 0 aliphatic carbocycles. The van der Waals surface area contributed by atoms with E-state index in [0.717, 1.165) is 22.3 Å². The number of halogens is 1. The Morgan fingerprint density at radius 2 is 1.56 bits per heavy atom. The van der Waals surface area contributed by atoms with Crippen molar-refractivity contribution in [3.05, 3.63) is 106 Å². The molecule has 3 aromatic rings. The highest BCUT2D eigenvalue weighted by molar-refractivity contribution is 6.31. The molecule has 0 saturated carbocycles. The zero-order valence-corrected chi connectivity index (χ0v) is 19.3. The molecule has 1 unspecified atom stereocenters. The largest absolute Gasteiger partial charge is 0.355 e. The van der Waals surface area contributed by atoms with Crippen LogP contribution in [-0.2, 0) is 29.0 Å². The normalized spacial score (nSPS) is 11.6. The summed E-state index contributed by atoms with van der Waals surface area (Å²) in [4.78, 5) is 28.3. The highest BCUT2D eigenvalue weighted by Crippen LogP contribution is 2.21. The van der Waals surface area contributed by atoms with Crippen molar-refractivity contribution in [2.45, 2.75) is 39.3 Å². The Kier molecular flexibility index (Phi) is 8.46. The second-order valence-electron chi connectivity index (χ2n) is 7.88. The molecular formula is C27H29ClN2O2. The van der Waals surface area contributed by atoms with Crippen LogP contribution in [0.5, 0.6) is 0 Å². The van der Waals surface area contributed by atoms with E-state index < -0.39 is 6.04 Å². The van der Waals surface area contributed by atoms with Gasteiger partial charge in [0.2, 0.25) is 11.8 Å². The Hall–Kier alpha value is -3.11. The maximum absolute atomic E-state index is 13.6. The molecular weight excluding hydrogens is 420 g/mol. The molecule has 3 rings (SSSR count). The predicted molar refractivity (Wildman–Crippen MR) is 130 cm³/mol. The number of rotatable bonds is 9. The third-order valence-corrected chi connectivity index (χ3v) is 5.77. The van der Waals surface area contributed by atoms with Crippen LogP contribution in [0.25, 0.3) is 0 Å². The Bertz CT molecular complexity index is 1040. The highest BCUT2D eigenvalue weighted by atomic mass is 35.5. The second kappa shape index (κ2) is 11.5. The van der Waals surface area contributed by atoms with Gasteiger partial charge < -0.3 is 10.2 Å². The van der Waals surface area contributed by atoms with Crippen LogP contribution in [0.3, 0.4) is 0 Å². The lowest BCUT2D eigenvalue weighted by atomic mass is 10.0. The van der Waals surface area contributed by atoms with Gasteiger partial charge in [-0.1, -0.05) is 90.0 Å².